The van der Waals surface area contributed by atoms with Crippen LogP contribution < -0.4 is 10.6 Å². The summed E-state index contributed by atoms with van der Waals surface area (Å²) in [5.74, 6) is 0.174. The van der Waals surface area contributed by atoms with E-state index in [9.17, 15) is 9.18 Å². The molecular formula is C13H16BrFN2O. The molecule has 5 heteroatoms. The molecule has 2 N–H and O–H groups in total. The van der Waals surface area contributed by atoms with Gasteiger partial charge in [-0.2, -0.15) is 0 Å². The van der Waals surface area contributed by atoms with Crippen molar-refractivity contribution in [2.75, 3.05) is 18.4 Å². The van der Waals surface area contributed by atoms with Gasteiger partial charge in [-0.15, -0.1) is 0 Å². The first-order valence-electron chi connectivity index (χ1n) is 6.11. The van der Waals surface area contributed by atoms with E-state index in [4.69, 9.17) is 0 Å². The summed E-state index contributed by atoms with van der Waals surface area (Å²) in [6, 6.07) is 4.26. The Bertz CT molecular complexity index is 433. The molecule has 1 heterocycles. The summed E-state index contributed by atoms with van der Waals surface area (Å²) in [6.07, 6.45) is 2.50. The Hall–Kier alpha value is -0.940. The normalized spacial score (nSPS) is 18.9. The Morgan fingerprint density at radius 3 is 3.11 bits per heavy atom. The fourth-order valence-electron chi connectivity index (χ4n) is 2.10. The molecule has 1 aliphatic rings. The van der Waals surface area contributed by atoms with E-state index in [1.807, 2.05) is 0 Å². The third-order valence-corrected chi connectivity index (χ3v) is 3.84. The number of amides is 1. The van der Waals surface area contributed by atoms with Gasteiger partial charge in [-0.05, 0) is 66.0 Å². The van der Waals surface area contributed by atoms with Crippen LogP contribution in [0.4, 0.5) is 10.1 Å². The molecule has 1 atom stereocenters. The third-order valence-electron chi connectivity index (χ3n) is 3.14. The van der Waals surface area contributed by atoms with E-state index < -0.39 is 0 Å². The molecule has 0 radical (unpaired) electrons. The zero-order valence-electron chi connectivity index (χ0n) is 10.0. The first kappa shape index (κ1) is 13.5. The van der Waals surface area contributed by atoms with Gasteiger partial charge in [0.15, 0.2) is 0 Å². The van der Waals surface area contributed by atoms with Gasteiger partial charge in [0.2, 0.25) is 5.91 Å². The van der Waals surface area contributed by atoms with Gasteiger partial charge in [0.1, 0.15) is 5.82 Å². The van der Waals surface area contributed by atoms with Gasteiger partial charge >= 0.3 is 0 Å². The highest BCUT2D eigenvalue weighted by Crippen LogP contribution is 2.23. The fourth-order valence-corrected chi connectivity index (χ4v) is 2.45. The predicted octanol–water partition coefficient (Wildman–Crippen LogP) is 2.92. The Morgan fingerprint density at radius 1 is 1.56 bits per heavy atom. The number of anilines is 1. The second-order valence-corrected chi connectivity index (χ2v) is 5.42. The van der Waals surface area contributed by atoms with Crippen molar-refractivity contribution in [3.8, 4) is 0 Å². The van der Waals surface area contributed by atoms with Crippen LogP contribution in [-0.4, -0.2) is 19.0 Å². The number of nitrogens with one attached hydrogen (secondary N) is 2. The lowest BCUT2D eigenvalue weighted by Gasteiger charge is -2.10. The van der Waals surface area contributed by atoms with Crippen molar-refractivity contribution in [1.29, 1.82) is 0 Å². The summed E-state index contributed by atoms with van der Waals surface area (Å²) in [4.78, 5) is 11.8. The van der Waals surface area contributed by atoms with Gasteiger partial charge in [-0.3, -0.25) is 4.79 Å². The molecule has 1 fully saturated rings. The standard InChI is InChI=1S/C13H16BrFN2O/c14-11-3-2-10(15)7-12(11)17-13(18)4-1-9-5-6-16-8-9/h2-3,7,9,16H,1,4-6,8H2,(H,17,18). The largest absolute Gasteiger partial charge is 0.325 e. The van der Waals surface area contributed by atoms with Crippen LogP contribution in [0.25, 0.3) is 0 Å². The summed E-state index contributed by atoms with van der Waals surface area (Å²) in [7, 11) is 0. The average Bonchev–Trinajstić information content (AvgIpc) is 2.84. The molecule has 0 aromatic heterocycles. The molecule has 0 saturated carbocycles. The minimum Gasteiger partial charge on any atom is -0.325 e. The molecule has 1 aromatic rings. The molecular weight excluding hydrogens is 299 g/mol. The van der Waals surface area contributed by atoms with Crippen LogP contribution in [0.1, 0.15) is 19.3 Å². The van der Waals surface area contributed by atoms with Gasteiger partial charge in [-0.1, -0.05) is 0 Å². The first-order chi connectivity index (χ1) is 8.65. The quantitative estimate of drug-likeness (QED) is 0.897. The zero-order valence-corrected chi connectivity index (χ0v) is 11.6. The zero-order chi connectivity index (χ0) is 13.0. The van der Waals surface area contributed by atoms with Crippen molar-refractivity contribution in [3.63, 3.8) is 0 Å². The van der Waals surface area contributed by atoms with Crippen LogP contribution in [-0.2, 0) is 4.79 Å². The third kappa shape index (κ3) is 3.78. The van der Waals surface area contributed by atoms with Crippen molar-refractivity contribution < 1.29 is 9.18 Å². The number of halogens is 2. The average molecular weight is 315 g/mol. The van der Waals surface area contributed by atoms with Crippen LogP contribution >= 0.6 is 15.9 Å². The predicted molar refractivity (Wildman–Crippen MR) is 72.9 cm³/mol. The summed E-state index contributed by atoms with van der Waals surface area (Å²) in [6.45, 7) is 2.04. The lowest BCUT2D eigenvalue weighted by Crippen LogP contribution is -2.15. The number of benzene rings is 1. The first-order valence-corrected chi connectivity index (χ1v) is 6.90. The van der Waals surface area contributed by atoms with Gasteiger partial charge in [0.25, 0.3) is 0 Å². The van der Waals surface area contributed by atoms with Crippen LogP contribution in [0, 0.1) is 11.7 Å². The molecule has 1 aromatic carbocycles. The maximum atomic E-state index is 13.0. The highest BCUT2D eigenvalue weighted by Gasteiger charge is 2.16. The highest BCUT2D eigenvalue weighted by atomic mass is 79.9. The lowest BCUT2D eigenvalue weighted by molar-refractivity contribution is -0.116. The van der Waals surface area contributed by atoms with Gasteiger partial charge < -0.3 is 10.6 Å². The Balaban J connectivity index is 1.84. The molecule has 1 amide bonds. The summed E-state index contributed by atoms with van der Waals surface area (Å²) in [5.41, 5.74) is 0.490. The van der Waals surface area contributed by atoms with Crippen LogP contribution in [0.15, 0.2) is 22.7 Å². The fraction of sp³-hybridized carbons (Fsp3) is 0.462. The molecule has 1 aliphatic heterocycles. The maximum absolute atomic E-state index is 13.0. The van der Waals surface area contributed by atoms with E-state index in [0.29, 0.717) is 22.5 Å². The summed E-state index contributed by atoms with van der Waals surface area (Å²) >= 11 is 3.28. The smallest absolute Gasteiger partial charge is 0.224 e. The SMILES string of the molecule is O=C(CCC1CCNC1)Nc1cc(F)ccc1Br. The number of carbonyl (C=O) groups excluding carboxylic acids is 1. The molecule has 0 aliphatic carbocycles. The molecule has 3 nitrogen and oxygen atoms in total. The molecule has 18 heavy (non-hydrogen) atoms. The van der Waals surface area contributed by atoms with Gasteiger partial charge in [0.05, 0.1) is 5.69 Å². The van der Waals surface area contributed by atoms with E-state index in [-0.39, 0.29) is 11.7 Å². The van der Waals surface area contributed by atoms with Crippen molar-refractivity contribution in [2.45, 2.75) is 19.3 Å². The minimum absolute atomic E-state index is 0.0619. The van der Waals surface area contributed by atoms with Crippen molar-refractivity contribution in [3.05, 3.63) is 28.5 Å². The van der Waals surface area contributed by atoms with E-state index >= 15 is 0 Å². The molecule has 98 valence electrons. The number of hydrogen-bond acceptors (Lipinski definition) is 2. The Kier molecular flexibility index (Phi) is 4.72. The Labute approximate surface area is 114 Å². The second-order valence-electron chi connectivity index (χ2n) is 4.57. The van der Waals surface area contributed by atoms with E-state index in [1.54, 1.807) is 6.07 Å². The van der Waals surface area contributed by atoms with E-state index in [0.717, 1.165) is 25.9 Å². The highest BCUT2D eigenvalue weighted by molar-refractivity contribution is 9.10. The summed E-state index contributed by atoms with van der Waals surface area (Å²) < 4.78 is 13.7. The molecule has 0 spiro atoms. The van der Waals surface area contributed by atoms with Crippen LogP contribution in [0.2, 0.25) is 0 Å². The van der Waals surface area contributed by atoms with Gasteiger partial charge in [0, 0.05) is 10.9 Å². The van der Waals surface area contributed by atoms with Crippen molar-refractivity contribution in [2.24, 2.45) is 5.92 Å². The monoisotopic (exact) mass is 314 g/mol. The number of rotatable bonds is 4. The molecule has 0 bridgehead atoms. The Morgan fingerprint density at radius 2 is 2.39 bits per heavy atom. The van der Waals surface area contributed by atoms with E-state index in [2.05, 4.69) is 26.6 Å². The van der Waals surface area contributed by atoms with Crippen LogP contribution in [0.5, 0.6) is 0 Å². The van der Waals surface area contributed by atoms with Crippen molar-refractivity contribution >= 4 is 27.5 Å². The lowest BCUT2D eigenvalue weighted by atomic mass is 10.0. The van der Waals surface area contributed by atoms with E-state index in [1.165, 1.54) is 12.1 Å². The number of carbonyl (C=O) groups is 1. The second kappa shape index (κ2) is 6.29. The van der Waals surface area contributed by atoms with Crippen LogP contribution in [0.3, 0.4) is 0 Å². The minimum atomic E-state index is -0.353. The summed E-state index contributed by atoms with van der Waals surface area (Å²) in [5, 5.41) is 6.00. The maximum Gasteiger partial charge on any atom is 0.224 e. The van der Waals surface area contributed by atoms with Gasteiger partial charge in [-0.25, -0.2) is 4.39 Å². The molecule has 1 saturated heterocycles. The topological polar surface area (TPSA) is 41.1 Å². The molecule has 1 unspecified atom stereocenters. The molecule has 2 rings (SSSR count). The van der Waals surface area contributed by atoms with Crippen molar-refractivity contribution in [1.82, 2.24) is 5.32 Å². The number of hydrogen-bond donors (Lipinski definition) is 2.